The number of hydrogen-bond donors (Lipinski definition) is 1. The van der Waals surface area contributed by atoms with Crippen LogP contribution < -0.4 is 9.47 Å². The molecular formula is C22H21FN2O5. The van der Waals surface area contributed by atoms with Gasteiger partial charge in [0.2, 0.25) is 0 Å². The van der Waals surface area contributed by atoms with Crippen molar-refractivity contribution < 1.29 is 28.3 Å². The van der Waals surface area contributed by atoms with Gasteiger partial charge in [-0.2, -0.15) is 0 Å². The molecule has 0 spiro atoms. The molecule has 1 saturated heterocycles. The summed E-state index contributed by atoms with van der Waals surface area (Å²) in [6.07, 6.45) is -1.07. The van der Waals surface area contributed by atoms with Gasteiger partial charge >= 0.3 is 0 Å². The zero-order valence-electron chi connectivity index (χ0n) is 16.3. The second kappa shape index (κ2) is 8.54. The molecule has 1 fully saturated rings. The number of β-amino-alcohol motifs (C(OH)–C–C–N with tert-alkyl or cyclic N) is 1. The molecule has 8 heteroatoms. The van der Waals surface area contributed by atoms with Gasteiger partial charge in [-0.25, -0.2) is 4.39 Å². The number of nitrogens with zero attached hydrogens (tertiary/aromatic N) is 2. The molecule has 1 aliphatic rings. The van der Waals surface area contributed by atoms with Gasteiger partial charge in [0.05, 0.1) is 13.7 Å². The van der Waals surface area contributed by atoms with Crippen LogP contribution in [0.1, 0.15) is 16.9 Å². The number of likely N-dealkylation sites (tertiary alicyclic amines) is 1. The molecule has 3 aromatic rings. The third kappa shape index (κ3) is 4.13. The number of amides is 1. The predicted octanol–water partition coefficient (Wildman–Crippen LogP) is 3.14. The fourth-order valence-electron chi connectivity index (χ4n) is 3.41. The first-order valence-corrected chi connectivity index (χ1v) is 9.55. The summed E-state index contributed by atoms with van der Waals surface area (Å²) in [6, 6.07) is 14.9. The number of hydrogen-bond acceptors (Lipinski definition) is 6. The topological polar surface area (TPSA) is 85.0 Å². The van der Waals surface area contributed by atoms with Crippen molar-refractivity contribution in [2.24, 2.45) is 0 Å². The minimum Gasteiger partial charge on any atom is -0.493 e. The molecule has 0 aliphatic carbocycles. The van der Waals surface area contributed by atoms with Gasteiger partial charge in [-0.1, -0.05) is 35.5 Å². The Hall–Kier alpha value is -3.39. The minimum atomic E-state index is -0.919. The van der Waals surface area contributed by atoms with Crippen LogP contribution in [0.3, 0.4) is 0 Å². The Morgan fingerprint density at radius 1 is 1.20 bits per heavy atom. The van der Waals surface area contributed by atoms with Crippen molar-refractivity contribution in [3.63, 3.8) is 0 Å². The summed E-state index contributed by atoms with van der Waals surface area (Å²) < 4.78 is 29.6. The molecule has 2 heterocycles. The van der Waals surface area contributed by atoms with Crippen LogP contribution in [-0.2, 0) is 0 Å². The molecule has 1 aliphatic heterocycles. The number of piperidine rings is 1. The fourth-order valence-corrected chi connectivity index (χ4v) is 3.41. The van der Waals surface area contributed by atoms with E-state index in [1.165, 1.54) is 30.2 Å². The number of aliphatic hydroxyl groups is 1. The normalized spacial score (nSPS) is 18.8. The number of aromatic nitrogens is 1. The molecular weight excluding hydrogens is 391 g/mol. The fraction of sp³-hybridized carbons (Fsp3) is 0.273. The molecule has 156 valence electrons. The average Bonchev–Trinajstić information content (AvgIpc) is 3.26. The van der Waals surface area contributed by atoms with Crippen LogP contribution in [0.5, 0.6) is 11.5 Å². The number of carbonyl (C=O) groups excluding carboxylic acids is 1. The highest BCUT2D eigenvalue weighted by Gasteiger charge is 2.33. The van der Waals surface area contributed by atoms with Crippen molar-refractivity contribution in [1.29, 1.82) is 0 Å². The Morgan fingerprint density at radius 3 is 2.73 bits per heavy atom. The van der Waals surface area contributed by atoms with Gasteiger partial charge in [-0.3, -0.25) is 4.79 Å². The van der Waals surface area contributed by atoms with Crippen molar-refractivity contribution in [3.8, 4) is 22.8 Å². The van der Waals surface area contributed by atoms with E-state index >= 15 is 0 Å². The van der Waals surface area contributed by atoms with Crippen molar-refractivity contribution >= 4 is 5.91 Å². The number of aliphatic hydroxyl groups excluding tert-OH is 1. The van der Waals surface area contributed by atoms with Gasteiger partial charge < -0.3 is 24.0 Å². The van der Waals surface area contributed by atoms with E-state index in [1.807, 2.05) is 30.3 Å². The summed E-state index contributed by atoms with van der Waals surface area (Å²) >= 11 is 0. The Bertz CT molecular complexity index is 1020. The number of ether oxygens (including phenoxy) is 2. The second-order valence-electron chi connectivity index (χ2n) is 7.00. The van der Waals surface area contributed by atoms with Crippen LogP contribution in [0.2, 0.25) is 0 Å². The van der Waals surface area contributed by atoms with Crippen LogP contribution in [0.4, 0.5) is 4.39 Å². The van der Waals surface area contributed by atoms with E-state index in [9.17, 15) is 14.3 Å². The second-order valence-corrected chi connectivity index (χ2v) is 7.00. The van der Waals surface area contributed by atoms with Crippen molar-refractivity contribution in [2.45, 2.75) is 18.6 Å². The average molecular weight is 412 g/mol. The van der Waals surface area contributed by atoms with Gasteiger partial charge in [0.25, 0.3) is 5.91 Å². The van der Waals surface area contributed by atoms with E-state index in [0.717, 1.165) is 5.56 Å². The first kappa shape index (κ1) is 19.9. The lowest BCUT2D eigenvalue weighted by Crippen LogP contribution is -2.51. The largest absolute Gasteiger partial charge is 0.493 e. The maximum absolute atomic E-state index is 13.4. The SMILES string of the molecule is COc1cc(F)ccc1O[C@@H]1CCN(C(=O)c2cc(-c3ccccc3)on2)C[C@H]1O. The van der Waals surface area contributed by atoms with E-state index in [2.05, 4.69) is 5.16 Å². The summed E-state index contributed by atoms with van der Waals surface area (Å²) in [5.74, 6) is 0.324. The Morgan fingerprint density at radius 2 is 2.00 bits per heavy atom. The molecule has 1 N–H and O–H groups in total. The van der Waals surface area contributed by atoms with Crippen molar-refractivity contribution in [3.05, 3.63) is 66.1 Å². The zero-order chi connectivity index (χ0) is 21.1. The van der Waals surface area contributed by atoms with Crippen LogP contribution >= 0.6 is 0 Å². The summed E-state index contributed by atoms with van der Waals surface area (Å²) in [5, 5.41) is 14.4. The summed E-state index contributed by atoms with van der Waals surface area (Å²) in [5.41, 5.74) is 1.00. The molecule has 0 saturated carbocycles. The smallest absolute Gasteiger partial charge is 0.276 e. The predicted molar refractivity (Wildman–Crippen MR) is 106 cm³/mol. The molecule has 2 aromatic carbocycles. The summed E-state index contributed by atoms with van der Waals surface area (Å²) in [7, 11) is 1.42. The quantitative estimate of drug-likeness (QED) is 0.693. The highest BCUT2D eigenvalue weighted by Crippen LogP contribution is 2.30. The minimum absolute atomic E-state index is 0.0839. The van der Waals surface area contributed by atoms with E-state index in [4.69, 9.17) is 14.0 Å². The van der Waals surface area contributed by atoms with Gasteiger partial charge in [0.1, 0.15) is 18.0 Å². The number of benzene rings is 2. The van der Waals surface area contributed by atoms with E-state index in [1.54, 1.807) is 6.07 Å². The molecule has 0 bridgehead atoms. The molecule has 2 atom stereocenters. The van der Waals surface area contributed by atoms with E-state index in [-0.39, 0.29) is 23.9 Å². The molecule has 0 unspecified atom stereocenters. The molecule has 1 amide bonds. The van der Waals surface area contributed by atoms with Gasteiger partial charge in [0.15, 0.2) is 23.0 Å². The van der Waals surface area contributed by atoms with Crippen LogP contribution in [-0.4, -0.2) is 53.5 Å². The highest BCUT2D eigenvalue weighted by molar-refractivity contribution is 5.93. The molecule has 0 radical (unpaired) electrons. The van der Waals surface area contributed by atoms with Crippen LogP contribution in [0.15, 0.2) is 59.1 Å². The van der Waals surface area contributed by atoms with Crippen molar-refractivity contribution in [1.82, 2.24) is 10.1 Å². The lowest BCUT2D eigenvalue weighted by Gasteiger charge is -2.35. The monoisotopic (exact) mass is 412 g/mol. The van der Waals surface area contributed by atoms with Crippen LogP contribution in [0.25, 0.3) is 11.3 Å². The van der Waals surface area contributed by atoms with Crippen LogP contribution in [0, 0.1) is 5.82 Å². The van der Waals surface area contributed by atoms with E-state index in [0.29, 0.717) is 24.5 Å². The Balaban J connectivity index is 1.41. The van der Waals surface area contributed by atoms with Gasteiger partial charge in [0, 0.05) is 30.7 Å². The van der Waals surface area contributed by atoms with Crippen molar-refractivity contribution in [2.75, 3.05) is 20.2 Å². The standard InChI is InChI=1S/C22H21FN2O5/c1-28-21-11-15(23)7-8-19(21)29-18-9-10-25(13-17(18)26)22(27)16-12-20(30-24-16)14-5-3-2-4-6-14/h2-8,11-12,17-18,26H,9-10,13H2,1H3/t17-,18-/m1/s1. The maximum Gasteiger partial charge on any atom is 0.276 e. The number of rotatable bonds is 5. The van der Waals surface area contributed by atoms with E-state index < -0.39 is 18.0 Å². The first-order chi connectivity index (χ1) is 14.5. The summed E-state index contributed by atoms with van der Waals surface area (Å²) in [6.45, 7) is 0.456. The third-order valence-corrected chi connectivity index (χ3v) is 5.00. The molecule has 30 heavy (non-hydrogen) atoms. The maximum atomic E-state index is 13.4. The first-order valence-electron chi connectivity index (χ1n) is 9.55. The lowest BCUT2D eigenvalue weighted by atomic mass is 10.0. The highest BCUT2D eigenvalue weighted by atomic mass is 19.1. The summed E-state index contributed by atoms with van der Waals surface area (Å²) in [4.78, 5) is 14.3. The number of halogens is 1. The zero-order valence-corrected chi connectivity index (χ0v) is 16.3. The molecule has 7 nitrogen and oxygen atoms in total. The number of methoxy groups -OCH3 is 1. The Kier molecular flexibility index (Phi) is 5.67. The molecule has 4 rings (SSSR count). The number of carbonyl (C=O) groups is 1. The van der Waals surface area contributed by atoms with Gasteiger partial charge in [-0.05, 0) is 12.1 Å². The third-order valence-electron chi connectivity index (χ3n) is 5.00. The lowest BCUT2D eigenvalue weighted by molar-refractivity contribution is -0.0209. The Labute approximate surface area is 172 Å². The van der Waals surface area contributed by atoms with Gasteiger partial charge in [-0.15, -0.1) is 0 Å². The molecule has 1 aromatic heterocycles.